The monoisotopic (exact) mass is 419 g/mol. The lowest BCUT2D eigenvalue weighted by molar-refractivity contribution is -0.0504. The number of guanidine groups is 1. The fraction of sp³-hybridized carbons (Fsp3) is 0.429. The Kier molecular flexibility index (Phi) is 7.64. The highest BCUT2D eigenvalue weighted by Crippen LogP contribution is 2.25. The third kappa shape index (κ3) is 5.95. The molecule has 3 rings (SSSR count). The van der Waals surface area contributed by atoms with Crippen molar-refractivity contribution in [2.75, 3.05) is 32.1 Å². The van der Waals surface area contributed by atoms with Crippen molar-refractivity contribution in [3.63, 3.8) is 0 Å². The van der Waals surface area contributed by atoms with Crippen LogP contribution in [0.25, 0.3) is 0 Å². The SMILES string of the molecule is CN=C(NCc1ccc(N2CCCC2)nc1)NCc1cc(OC)ccc1OC(F)F. The lowest BCUT2D eigenvalue weighted by atomic mass is 10.2. The van der Waals surface area contributed by atoms with Crippen LogP contribution in [0.2, 0.25) is 0 Å². The van der Waals surface area contributed by atoms with E-state index < -0.39 is 6.61 Å². The molecule has 2 N–H and O–H groups in total. The average Bonchev–Trinajstić information content (AvgIpc) is 3.29. The summed E-state index contributed by atoms with van der Waals surface area (Å²) in [4.78, 5) is 11.0. The van der Waals surface area contributed by atoms with Crippen molar-refractivity contribution in [2.24, 2.45) is 4.99 Å². The number of benzene rings is 1. The quantitative estimate of drug-likeness (QED) is 0.506. The van der Waals surface area contributed by atoms with Gasteiger partial charge in [-0.05, 0) is 42.7 Å². The zero-order chi connectivity index (χ0) is 21.3. The molecule has 0 aliphatic carbocycles. The molecule has 0 saturated carbocycles. The van der Waals surface area contributed by atoms with Gasteiger partial charge in [-0.1, -0.05) is 6.07 Å². The zero-order valence-corrected chi connectivity index (χ0v) is 17.2. The Bertz CT molecular complexity index is 840. The molecule has 1 aliphatic heterocycles. The summed E-state index contributed by atoms with van der Waals surface area (Å²) in [5.41, 5.74) is 1.55. The molecule has 0 spiro atoms. The van der Waals surface area contributed by atoms with Gasteiger partial charge in [-0.2, -0.15) is 8.78 Å². The molecule has 1 aromatic heterocycles. The number of aromatic nitrogens is 1. The van der Waals surface area contributed by atoms with Crippen molar-refractivity contribution in [2.45, 2.75) is 32.5 Å². The number of nitrogens with zero attached hydrogens (tertiary/aromatic N) is 3. The topological polar surface area (TPSA) is 71.0 Å². The molecular formula is C21H27F2N5O2. The van der Waals surface area contributed by atoms with E-state index >= 15 is 0 Å². The number of anilines is 1. The molecule has 1 aliphatic rings. The van der Waals surface area contributed by atoms with Crippen LogP contribution < -0.4 is 25.0 Å². The predicted octanol–water partition coefficient (Wildman–Crippen LogP) is 3.16. The number of rotatable bonds is 8. The van der Waals surface area contributed by atoms with Gasteiger partial charge in [0.1, 0.15) is 17.3 Å². The summed E-state index contributed by atoms with van der Waals surface area (Å²) in [5, 5.41) is 6.31. The highest BCUT2D eigenvalue weighted by atomic mass is 19.3. The minimum absolute atomic E-state index is 0.0930. The minimum Gasteiger partial charge on any atom is -0.497 e. The van der Waals surface area contributed by atoms with E-state index in [1.807, 2.05) is 18.3 Å². The van der Waals surface area contributed by atoms with Gasteiger partial charge < -0.3 is 25.0 Å². The number of hydrogen-bond donors (Lipinski definition) is 2. The number of methoxy groups -OCH3 is 1. The molecule has 0 amide bonds. The minimum atomic E-state index is -2.90. The number of aliphatic imine (C=N–C) groups is 1. The normalized spacial score (nSPS) is 14.2. The van der Waals surface area contributed by atoms with E-state index in [0.717, 1.165) is 24.5 Å². The summed E-state index contributed by atoms with van der Waals surface area (Å²) < 4.78 is 35.1. The third-order valence-corrected chi connectivity index (χ3v) is 4.85. The molecule has 1 aromatic carbocycles. The standard InChI is InChI=1S/C21H27F2N5O2/c1-24-21(26-13-15-5-8-19(25-12-15)28-9-3-4-10-28)27-14-16-11-17(29-2)6-7-18(16)30-20(22)23/h5-8,11-12,20H,3-4,9-10,13-14H2,1-2H3,(H2,24,26,27). The first-order valence-corrected chi connectivity index (χ1v) is 9.85. The summed E-state index contributed by atoms with van der Waals surface area (Å²) in [6.45, 7) is -0.00680. The average molecular weight is 419 g/mol. The number of hydrogen-bond acceptors (Lipinski definition) is 5. The van der Waals surface area contributed by atoms with Crippen LogP contribution >= 0.6 is 0 Å². The number of alkyl halides is 2. The molecular weight excluding hydrogens is 392 g/mol. The van der Waals surface area contributed by atoms with Crippen LogP contribution in [0.5, 0.6) is 11.5 Å². The van der Waals surface area contributed by atoms with Gasteiger partial charge in [-0.15, -0.1) is 0 Å². The maximum atomic E-state index is 12.7. The summed E-state index contributed by atoms with van der Waals surface area (Å²) in [6, 6.07) is 8.76. The van der Waals surface area contributed by atoms with Crippen LogP contribution in [0.1, 0.15) is 24.0 Å². The molecule has 0 radical (unpaired) electrons. The molecule has 2 heterocycles. The second-order valence-electron chi connectivity index (χ2n) is 6.85. The fourth-order valence-electron chi connectivity index (χ4n) is 3.27. The Balaban J connectivity index is 1.56. The van der Waals surface area contributed by atoms with E-state index in [9.17, 15) is 8.78 Å². The van der Waals surface area contributed by atoms with Crippen LogP contribution in [0, 0.1) is 0 Å². The molecule has 7 nitrogen and oxygen atoms in total. The van der Waals surface area contributed by atoms with Crippen molar-refractivity contribution in [1.29, 1.82) is 0 Å². The maximum Gasteiger partial charge on any atom is 0.387 e. The van der Waals surface area contributed by atoms with E-state index in [1.54, 1.807) is 19.2 Å². The Morgan fingerprint density at radius 1 is 1.17 bits per heavy atom. The highest BCUT2D eigenvalue weighted by Gasteiger charge is 2.14. The molecule has 9 heteroatoms. The van der Waals surface area contributed by atoms with Crippen LogP contribution in [0.15, 0.2) is 41.5 Å². The first-order chi connectivity index (χ1) is 14.6. The van der Waals surface area contributed by atoms with Gasteiger partial charge in [0.05, 0.1) is 7.11 Å². The Hall–Kier alpha value is -3.10. The van der Waals surface area contributed by atoms with Crippen LogP contribution in [-0.4, -0.2) is 44.8 Å². The number of halogens is 2. The van der Waals surface area contributed by atoms with E-state index in [4.69, 9.17) is 4.74 Å². The number of ether oxygens (including phenoxy) is 2. The summed E-state index contributed by atoms with van der Waals surface area (Å²) >= 11 is 0. The highest BCUT2D eigenvalue weighted by molar-refractivity contribution is 5.79. The van der Waals surface area contributed by atoms with Crippen LogP contribution in [0.3, 0.4) is 0 Å². The van der Waals surface area contributed by atoms with Crippen molar-refractivity contribution in [3.8, 4) is 11.5 Å². The molecule has 0 bridgehead atoms. The van der Waals surface area contributed by atoms with Gasteiger partial charge in [0, 0.05) is 45.0 Å². The second kappa shape index (κ2) is 10.6. The molecule has 0 atom stereocenters. The van der Waals surface area contributed by atoms with Gasteiger partial charge >= 0.3 is 6.61 Å². The van der Waals surface area contributed by atoms with Gasteiger partial charge in [-0.3, -0.25) is 4.99 Å². The van der Waals surface area contributed by atoms with E-state index in [-0.39, 0.29) is 12.3 Å². The van der Waals surface area contributed by atoms with Gasteiger partial charge in [0.2, 0.25) is 0 Å². The molecule has 162 valence electrons. The van der Waals surface area contributed by atoms with Crippen molar-refractivity contribution in [3.05, 3.63) is 47.7 Å². The van der Waals surface area contributed by atoms with Crippen LogP contribution in [-0.2, 0) is 13.1 Å². The summed E-state index contributed by atoms with van der Waals surface area (Å²) in [7, 11) is 3.16. The molecule has 2 aromatic rings. The van der Waals surface area contributed by atoms with E-state index in [0.29, 0.717) is 23.8 Å². The summed E-state index contributed by atoms with van der Waals surface area (Å²) in [6.07, 6.45) is 4.28. The smallest absolute Gasteiger partial charge is 0.387 e. The van der Waals surface area contributed by atoms with Crippen LogP contribution in [0.4, 0.5) is 14.6 Å². The van der Waals surface area contributed by atoms with Gasteiger partial charge in [0.15, 0.2) is 5.96 Å². The zero-order valence-electron chi connectivity index (χ0n) is 17.2. The third-order valence-electron chi connectivity index (χ3n) is 4.85. The fourth-order valence-corrected chi connectivity index (χ4v) is 3.27. The first kappa shape index (κ1) is 21.6. The number of pyridine rings is 1. The second-order valence-corrected chi connectivity index (χ2v) is 6.85. The first-order valence-electron chi connectivity index (χ1n) is 9.85. The molecule has 1 fully saturated rings. The molecule has 0 unspecified atom stereocenters. The predicted molar refractivity (Wildman–Crippen MR) is 112 cm³/mol. The molecule has 30 heavy (non-hydrogen) atoms. The van der Waals surface area contributed by atoms with E-state index in [1.165, 1.54) is 26.0 Å². The van der Waals surface area contributed by atoms with Crippen molar-refractivity contribution >= 4 is 11.8 Å². The summed E-state index contributed by atoms with van der Waals surface area (Å²) in [5.74, 6) is 2.18. The Morgan fingerprint density at radius 3 is 2.57 bits per heavy atom. The molecule has 1 saturated heterocycles. The van der Waals surface area contributed by atoms with Crippen molar-refractivity contribution in [1.82, 2.24) is 15.6 Å². The Morgan fingerprint density at radius 2 is 1.93 bits per heavy atom. The van der Waals surface area contributed by atoms with Crippen molar-refractivity contribution < 1.29 is 18.3 Å². The maximum absolute atomic E-state index is 12.7. The lowest BCUT2D eigenvalue weighted by Crippen LogP contribution is -2.36. The van der Waals surface area contributed by atoms with Gasteiger partial charge in [0.25, 0.3) is 0 Å². The van der Waals surface area contributed by atoms with E-state index in [2.05, 4.69) is 30.2 Å². The lowest BCUT2D eigenvalue weighted by Gasteiger charge is -2.17. The largest absolute Gasteiger partial charge is 0.497 e. The van der Waals surface area contributed by atoms with Gasteiger partial charge in [-0.25, -0.2) is 4.98 Å². The Labute approximate surface area is 175 Å². The number of nitrogens with one attached hydrogen (secondary N) is 2.